The van der Waals surface area contributed by atoms with Gasteiger partial charge in [-0.1, -0.05) is 29.3 Å². The summed E-state index contributed by atoms with van der Waals surface area (Å²) in [6, 6.07) is 7.20. The number of aromatic nitrogens is 1. The van der Waals surface area contributed by atoms with Gasteiger partial charge in [0.2, 0.25) is 5.88 Å². The van der Waals surface area contributed by atoms with E-state index in [1.54, 1.807) is 24.4 Å². The molecule has 0 radical (unpaired) electrons. The number of carboxylic acids is 1. The highest BCUT2D eigenvalue weighted by Crippen LogP contribution is 2.34. The van der Waals surface area contributed by atoms with Gasteiger partial charge in [0.05, 0.1) is 16.0 Å². The standard InChI is InChI=1S/C20H22Cl2N2O4/c1-12-8-16(21)19(17(22)9-12)28-7-6-27-18-3-2-13(10-24-18)14-4-5-23-11-15(14)20(25)26/h2-3,8-10,14-15,23H,4-7,11H2,1H3,(H,25,26)/t14-,15+/m1/s1. The lowest BCUT2D eigenvalue weighted by Crippen LogP contribution is -2.39. The van der Waals surface area contributed by atoms with Crippen molar-refractivity contribution < 1.29 is 19.4 Å². The molecule has 1 aromatic heterocycles. The maximum atomic E-state index is 11.4. The van der Waals surface area contributed by atoms with E-state index in [1.165, 1.54) is 0 Å². The van der Waals surface area contributed by atoms with Crippen LogP contribution >= 0.6 is 23.2 Å². The van der Waals surface area contributed by atoms with Crippen LogP contribution in [0.1, 0.15) is 23.5 Å². The fraction of sp³-hybridized carbons (Fsp3) is 0.400. The van der Waals surface area contributed by atoms with Crippen LogP contribution in [-0.2, 0) is 4.79 Å². The van der Waals surface area contributed by atoms with E-state index in [-0.39, 0.29) is 19.1 Å². The topological polar surface area (TPSA) is 80.7 Å². The van der Waals surface area contributed by atoms with Gasteiger partial charge in [-0.2, -0.15) is 0 Å². The van der Waals surface area contributed by atoms with Gasteiger partial charge in [-0.3, -0.25) is 4.79 Å². The first-order valence-electron chi connectivity index (χ1n) is 9.06. The number of benzene rings is 1. The monoisotopic (exact) mass is 424 g/mol. The summed E-state index contributed by atoms with van der Waals surface area (Å²) < 4.78 is 11.2. The molecule has 0 bridgehead atoms. The van der Waals surface area contributed by atoms with E-state index < -0.39 is 11.9 Å². The van der Waals surface area contributed by atoms with Crippen LogP contribution in [0.5, 0.6) is 11.6 Å². The third kappa shape index (κ3) is 5.07. The molecule has 1 saturated heterocycles. The average Bonchev–Trinajstić information content (AvgIpc) is 2.67. The Morgan fingerprint density at radius 1 is 1.25 bits per heavy atom. The second kappa shape index (κ2) is 9.45. The lowest BCUT2D eigenvalue weighted by Gasteiger charge is -2.29. The average molecular weight is 425 g/mol. The number of nitrogens with one attached hydrogen (secondary N) is 1. The number of aliphatic carboxylic acids is 1. The van der Waals surface area contributed by atoms with E-state index in [1.807, 2.05) is 13.0 Å². The molecule has 2 aromatic rings. The highest BCUT2D eigenvalue weighted by molar-refractivity contribution is 6.37. The van der Waals surface area contributed by atoms with Crippen LogP contribution in [0, 0.1) is 12.8 Å². The Hall–Kier alpha value is -2.02. The Morgan fingerprint density at radius 3 is 2.61 bits per heavy atom. The summed E-state index contributed by atoms with van der Waals surface area (Å²) in [6.45, 7) is 3.72. The van der Waals surface area contributed by atoms with Crippen molar-refractivity contribution in [2.75, 3.05) is 26.3 Å². The number of hydrogen-bond donors (Lipinski definition) is 2. The SMILES string of the molecule is Cc1cc(Cl)c(OCCOc2ccc([C@H]3CCNC[C@@H]3C(=O)O)cn2)c(Cl)c1. The zero-order valence-corrected chi connectivity index (χ0v) is 17.0. The largest absolute Gasteiger partial charge is 0.487 e. The predicted molar refractivity (Wildman–Crippen MR) is 108 cm³/mol. The molecule has 0 unspecified atom stereocenters. The first kappa shape index (κ1) is 20.7. The summed E-state index contributed by atoms with van der Waals surface area (Å²) in [4.78, 5) is 15.7. The number of piperidine rings is 1. The Morgan fingerprint density at radius 2 is 1.96 bits per heavy atom. The molecule has 1 aliphatic heterocycles. The van der Waals surface area contributed by atoms with Gasteiger partial charge in [0, 0.05) is 24.7 Å². The van der Waals surface area contributed by atoms with Crippen molar-refractivity contribution in [2.24, 2.45) is 5.92 Å². The van der Waals surface area contributed by atoms with Crippen LogP contribution in [0.25, 0.3) is 0 Å². The van der Waals surface area contributed by atoms with Crippen molar-refractivity contribution in [3.63, 3.8) is 0 Å². The molecule has 8 heteroatoms. The molecule has 3 rings (SSSR count). The molecular weight excluding hydrogens is 403 g/mol. The molecule has 1 fully saturated rings. The van der Waals surface area contributed by atoms with E-state index in [0.717, 1.165) is 24.1 Å². The molecule has 6 nitrogen and oxygen atoms in total. The zero-order chi connectivity index (χ0) is 20.1. The highest BCUT2D eigenvalue weighted by atomic mass is 35.5. The number of ether oxygens (including phenoxy) is 2. The van der Waals surface area contributed by atoms with Crippen LogP contribution in [0.15, 0.2) is 30.5 Å². The van der Waals surface area contributed by atoms with Gasteiger partial charge in [-0.25, -0.2) is 4.98 Å². The van der Waals surface area contributed by atoms with Gasteiger partial charge < -0.3 is 19.9 Å². The molecule has 0 saturated carbocycles. The van der Waals surface area contributed by atoms with Gasteiger partial charge in [0.25, 0.3) is 0 Å². The van der Waals surface area contributed by atoms with E-state index in [9.17, 15) is 9.90 Å². The van der Waals surface area contributed by atoms with Crippen molar-refractivity contribution in [3.8, 4) is 11.6 Å². The fourth-order valence-electron chi connectivity index (χ4n) is 3.33. The molecule has 150 valence electrons. The van der Waals surface area contributed by atoms with E-state index in [4.69, 9.17) is 32.7 Å². The van der Waals surface area contributed by atoms with Crippen LogP contribution in [0.3, 0.4) is 0 Å². The van der Waals surface area contributed by atoms with Crippen molar-refractivity contribution >= 4 is 29.2 Å². The molecule has 0 aliphatic carbocycles. The third-order valence-corrected chi connectivity index (χ3v) is 5.27. The van der Waals surface area contributed by atoms with Gasteiger partial charge >= 0.3 is 5.97 Å². The van der Waals surface area contributed by atoms with Crippen LogP contribution in [0.2, 0.25) is 10.0 Å². The molecule has 2 N–H and O–H groups in total. The maximum Gasteiger partial charge on any atom is 0.308 e. The number of halogens is 2. The molecular formula is C20H22Cl2N2O4. The molecule has 2 heterocycles. The maximum absolute atomic E-state index is 11.4. The fourth-order valence-corrected chi connectivity index (χ4v) is 4.03. The first-order chi connectivity index (χ1) is 13.5. The molecule has 28 heavy (non-hydrogen) atoms. The Labute approximate surface area is 173 Å². The van der Waals surface area contributed by atoms with Crippen molar-refractivity contribution in [2.45, 2.75) is 19.3 Å². The Balaban J connectivity index is 1.53. The Bertz CT molecular complexity index is 806. The van der Waals surface area contributed by atoms with Gasteiger partial charge in [0.15, 0.2) is 5.75 Å². The third-order valence-electron chi connectivity index (χ3n) is 4.71. The van der Waals surface area contributed by atoms with E-state index >= 15 is 0 Å². The summed E-state index contributed by atoms with van der Waals surface area (Å²) in [6.07, 6.45) is 2.46. The Kier molecular flexibility index (Phi) is 6.99. The van der Waals surface area contributed by atoms with Crippen molar-refractivity contribution in [1.29, 1.82) is 0 Å². The summed E-state index contributed by atoms with van der Waals surface area (Å²) in [5.41, 5.74) is 1.87. The number of carboxylic acid groups (broad SMARTS) is 1. The van der Waals surface area contributed by atoms with E-state index in [2.05, 4.69) is 10.3 Å². The summed E-state index contributed by atoms with van der Waals surface area (Å²) >= 11 is 12.3. The number of aryl methyl sites for hydroxylation is 1. The lowest BCUT2D eigenvalue weighted by atomic mass is 9.82. The first-order valence-corrected chi connectivity index (χ1v) is 9.82. The summed E-state index contributed by atoms with van der Waals surface area (Å²) in [5, 5.41) is 13.4. The lowest BCUT2D eigenvalue weighted by molar-refractivity contribution is -0.142. The minimum absolute atomic E-state index is 0.0468. The van der Waals surface area contributed by atoms with Crippen molar-refractivity contribution in [1.82, 2.24) is 10.3 Å². The van der Waals surface area contributed by atoms with Crippen LogP contribution in [-0.4, -0.2) is 42.4 Å². The zero-order valence-electron chi connectivity index (χ0n) is 15.5. The smallest absolute Gasteiger partial charge is 0.308 e. The molecule has 0 amide bonds. The number of hydrogen-bond acceptors (Lipinski definition) is 5. The quantitative estimate of drug-likeness (QED) is 0.655. The minimum atomic E-state index is -0.789. The molecule has 2 atom stereocenters. The number of pyridine rings is 1. The summed E-state index contributed by atoms with van der Waals surface area (Å²) in [5.74, 6) is -0.391. The normalized spacial score (nSPS) is 19.2. The number of carbonyl (C=O) groups is 1. The van der Waals surface area contributed by atoms with E-state index in [0.29, 0.717) is 28.2 Å². The van der Waals surface area contributed by atoms with Crippen molar-refractivity contribution in [3.05, 3.63) is 51.6 Å². The van der Waals surface area contributed by atoms with Gasteiger partial charge in [0.1, 0.15) is 13.2 Å². The predicted octanol–water partition coefficient (Wildman–Crippen LogP) is 3.93. The van der Waals surface area contributed by atoms with Crippen LogP contribution < -0.4 is 14.8 Å². The molecule has 1 aliphatic rings. The highest BCUT2D eigenvalue weighted by Gasteiger charge is 2.31. The second-order valence-corrected chi connectivity index (χ2v) is 7.54. The minimum Gasteiger partial charge on any atom is -0.487 e. The van der Waals surface area contributed by atoms with Gasteiger partial charge in [-0.15, -0.1) is 0 Å². The molecule has 1 aromatic carbocycles. The van der Waals surface area contributed by atoms with Gasteiger partial charge in [-0.05, 0) is 43.1 Å². The number of nitrogens with zero attached hydrogens (tertiary/aromatic N) is 1. The number of rotatable bonds is 7. The van der Waals surface area contributed by atoms with Crippen LogP contribution in [0.4, 0.5) is 0 Å². The second-order valence-electron chi connectivity index (χ2n) is 6.73. The molecule has 0 spiro atoms. The summed E-state index contributed by atoms with van der Waals surface area (Å²) in [7, 11) is 0.